The van der Waals surface area contributed by atoms with Crippen LogP contribution >= 0.6 is 0 Å². The minimum absolute atomic E-state index is 0.0318. The van der Waals surface area contributed by atoms with Crippen LogP contribution in [0.4, 0.5) is 4.39 Å². The summed E-state index contributed by atoms with van der Waals surface area (Å²) in [6.45, 7) is 1.73. The zero-order valence-corrected chi connectivity index (χ0v) is 10.7. The van der Waals surface area contributed by atoms with Gasteiger partial charge in [0, 0.05) is 0 Å². The van der Waals surface area contributed by atoms with Crippen LogP contribution in [0.5, 0.6) is 0 Å². The largest absolute Gasteiger partial charge is 0.481 e. The smallest absolute Gasteiger partial charge is 0.307 e. The van der Waals surface area contributed by atoms with Gasteiger partial charge in [0.25, 0.3) is 0 Å². The van der Waals surface area contributed by atoms with E-state index in [9.17, 15) is 14.3 Å². The van der Waals surface area contributed by atoms with Crippen LogP contribution in [-0.4, -0.2) is 11.1 Å². The predicted molar refractivity (Wildman–Crippen MR) is 68.1 cm³/mol. The van der Waals surface area contributed by atoms with Crippen molar-refractivity contribution in [2.24, 2.45) is 5.92 Å². The Kier molecular flexibility index (Phi) is 4.00. The molecule has 1 aliphatic rings. The van der Waals surface area contributed by atoms with E-state index in [1.807, 2.05) is 0 Å². The molecule has 0 aliphatic heterocycles. The first-order valence-electron chi connectivity index (χ1n) is 6.58. The molecular weight excluding hydrogens is 231 g/mol. The second-order valence-corrected chi connectivity index (χ2v) is 5.20. The highest BCUT2D eigenvalue weighted by Crippen LogP contribution is 2.37. The lowest BCUT2D eigenvalue weighted by Crippen LogP contribution is -2.21. The first kappa shape index (κ1) is 13.1. The third-order valence-corrected chi connectivity index (χ3v) is 3.94. The van der Waals surface area contributed by atoms with E-state index in [2.05, 4.69) is 0 Å². The van der Waals surface area contributed by atoms with Gasteiger partial charge in [0.15, 0.2) is 0 Å². The van der Waals surface area contributed by atoms with Gasteiger partial charge in [-0.25, -0.2) is 4.39 Å². The van der Waals surface area contributed by atoms with Crippen LogP contribution in [0.2, 0.25) is 0 Å². The first-order valence-corrected chi connectivity index (χ1v) is 6.58. The van der Waals surface area contributed by atoms with Crippen molar-refractivity contribution in [3.05, 3.63) is 35.1 Å². The Labute approximate surface area is 107 Å². The highest BCUT2D eigenvalue weighted by molar-refractivity contribution is 5.71. The van der Waals surface area contributed by atoms with Gasteiger partial charge >= 0.3 is 5.97 Å². The van der Waals surface area contributed by atoms with E-state index in [1.165, 1.54) is 6.07 Å². The summed E-state index contributed by atoms with van der Waals surface area (Å²) in [5.74, 6) is -1.23. The van der Waals surface area contributed by atoms with Crippen LogP contribution in [0.1, 0.15) is 49.1 Å². The predicted octanol–water partition coefficient (Wildman–Crippen LogP) is 3.88. The average molecular weight is 250 g/mol. The van der Waals surface area contributed by atoms with E-state index < -0.39 is 5.97 Å². The quantitative estimate of drug-likeness (QED) is 0.809. The molecule has 1 aromatic rings. The minimum atomic E-state index is -0.719. The molecule has 1 N–H and O–H groups in total. The van der Waals surface area contributed by atoms with Crippen molar-refractivity contribution in [3.8, 4) is 0 Å². The maximum absolute atomic E-state index is 13.3. The number of carbonyl (C=O) groups is 1. The lowest BCUT2D eigenvalue weighted by molar-refractivity contribution is -0.142. The molecule has 2 unspecified atom stereocenters. The Morgan fingerprint density at radius 2 is 2.00 bits per heavy atom. The molecular formula is C15H19FO2. The summed E-state index contributed by atoms with van der Waals surface area (Å²) < 4.78 is 13.3. The average Bonchev–Trinajstić information content (AvgIpc) is 2.58. The topological polar surface area (TPSA) is 37.3 Å². The molecule has 0 aromatic heterocycles. The third-order valence-electron chi connectivity index (χ3n) is 3.94. The van der Waals surface area contributed by atoms with E-state index in [4.69, 9.17) is 0 Å². The second kappa shape index (κ2) is 5.51. The third kappa shape index (κ3) is 2.71. The number of carboxylic acid groups (broad SMARTS) is 1. The zero-order valence-electron chi connectivity index (χ0n) is 10.7. The highest BCUT2D eigenvalue weighted by atomic mass is 19.1. The standard InChI is InChI=1S/C15H19FO2/c1-10-9-11(7-8-14(10)16)12-5-3-2-4-6-13(12)15(17)18/h7-9,12-13H,2-6H2,1H3,(H,17,18). The van der Waals surface area contributed by atoms with Crippen LogP contribution in [0.25, 0.3) is 0 Å². The Morgan fingerprint density at radius 3 is 2.67 bits per heavy atom. The fraction of sp³-hybridized carbons (Fsp3) is 0.533. The lowest BCUT2D eigenvalue weighted by atomic mass is 9.82. The van der Waals surface area contributed by atoms with Crippen molar-refractivity contribution >= 4 is 5.97 Å². The molecule has 1 fully saturated rings. The number of benzene rings is 1. The molecule has 98 valence electrons. The van der Waals surface area contributed by atoms with Crippen LogP contribution in [0.3, 0.4) is 0 Å². The van der Waals surface area contributed by atoms with Gasteiger partial charge in [0.2, 0.25) is 0 Å². The van der Waals surface area contributed by atoms with Gasteiger partial charge < -0.3 is 5.11 Å². The molecule has 18 heavy (non-hydrogen) atoms. The summed E-state index contributed by atoms with van der Waals surface area (Å²) >= 11 is 0. The zero-order chi connectivity index (χ0) is 13.1. The Hall–Kier alpha value is -1.38. The van der Waals surface area contributed by atoms with Crippen molar-refractivity contribution in [3.63, 3.8) is 0 Å². The molecule has 1 saturated carbocycles. The number of hydrogen-bond donors (Lipinski definition) is 1. The molecule has 2 atom stereocenters. The molecule has 0 saturated heterocycles. The Bertz CT molecular complexity index is 442. The summed E-state index contributed by atoms with van der Waals surface area (Å²) in [5.41, 5.74) is 1.57. The number of hydrogen-bond acceptors (Lipinski definition) is 1. The van der Waals surface area contributed by atoms with Gasteiger partial charge in [-0.05, 0) is 42.9 Å². The van der Waals surface area contributed by atoms with Gasteiger partial charge in [-0.3, -0.25) is 4.79 Å². The normalized spacial score (nSPS) is 24.6. The van der Waals surface area contributed by atoms with Crippen LogP contribution in [0.15, 0.2) is 18.2 Å². The van der Waals surface area contributed by atoms with Gasteiger partial charge in [-0.15, -0.1) is 0 Å². The summed E-state index contributed by atoms with van der Waals surface area (Å²) in [6.07, 6.45) is 4.76. The summed E-state index contributed by atoms with van der Waals surface area (Å²) in [6, 6.07) is 5.00. The number of halogens is 1. The minimum Gasteiger partial charge on any atom is -0.481 e. The maximum Gasteiger partial charge on any atom is 0.307 e. The number of rotatable bonds is 2. The van der Waals surface area contributed by atoms with Crippen molar-refractivity contribution in [2.45, 2.75) is 44.9 Å². The fourth-order valence-electron chi connectivity index (χ4n) is 2.90. The Balaban J connectivity index is 2.31. The van der Waals surface area contributed by atoms with E-state index >= 15 is 0 Å². The number of aliphatic carboxylic acids is 1. The van der Waals surface area contributed by atoms with Crippen molar-refractivity contribution in [1.29, 1.82) is 0 Å². The molecule has 3 heteroatoms. The molecule has 1 aromatic carbocycles. The Morgan fingerprint density at radius 1 is 1.28 bits per heavy atom. The molecule has 0 bridgehead atoms. The summed E-state index contributed by atoms with van der Waals surface area (Å²) in [5, 5.41) is 9.34. The number of aryl methyl sites for hydroxylation is 1. The molecule has 1 aliphatic carbocycles. The first-order chi connectivity index (χ1) is 8.59. The van der Waals surface area contributed by atoms with Crippen LogP contribution in [-0.2, 0) is 4.79 Å². The van der Waals surface area contributed by atoms with E-state index in [1.54, 1.807) is 19.1 Å². The van der Waals surface area contributed by atoms with Gasteiger partial charge in [-0.2, -0.15) is 0 Å². The maximum atomic E-state index is 13.3. The van der Waals surface area contributed by atoms with Crippen LogP contribution < -0.4 is 0 Å². The fourth-order valence-corrected chi connectivity index (χ4v) is 2.90. The highest BCUT2D eigenvalue weighted by Gasteiger charge is 2.30. The second-order valence-electron chi connectivity index (χ2n) is 5.20. The van der Waals surface area contributed by atoms with Crippen molar-refractivity contribution in [1.82, 2.24) is 0 Å². The van der Waals surface area contributed by atoms with Crippen molar-refractivity contribution < 1.29 is 14.3 Å². The molecule has 0 spiro atoms. The van der Waals surface area contributed by atoms with Gasteiger partial charge in [-0.1, -0.05) is 31.4 Å². The lowest BCUT2D eigenvalue weighted by Gasteiger charge is -2.22. The molecule has 0 radical (unpaired) electrons. The van der Waals surface area contributed by atoms with E-state index in [0.29, 0.717) is 5.56 Å². The van der Waals surface area contributed by atoms with Gasteiger partial charge in [0.05, 0.1) is 5.92 Å². The SMILES string of the molecule is Cc1cc(C2CCCCCC2C(=O)O)ccc1F. The summed E-state index contributed by atoms with van der Waals surface area (Å²) in [4.78, 5) is 11.4. The van der Waals surface area contributed by atoms with Crippen molar-refractivity contribution in [2.75, 3.05) is 0 Å². The van der Waals surface area contributed by atoms with Crippen LogP contribution in [0, 0.1) is 18.7 Å². The molecule has 0 heterocycles. The monoisotopic (exact) mass is 250 g/mol. The molecule has 0 amide bonds. The summed E-state index contributed by atoms with van der Waals surface area (Å²) in [7, 11) is 0. The van der Waals surface area contributed by atoms with E-state index in [0.717, 1.165) is 37.7 Å². The number of carboxylic acids is 1. The van der Waals surface area contributed by atoms with Gasteiger partial charge in [0.1, 0.15) is 5.82 Å². The van der Waals surface area contributed by atoms with E-state index in [-0.39, 0.29) is 17.7 Å². The molecule has 2 rings (SSSR count). The molecule has 2 nitrogen and oxygen atoms in total.